The number of aryl methyl sites for hydroxylation is 2. The van der Waals surface area contributed by atoms with Crippen LogP contribution in [0.5, 0.6) is 5.75 Å². The van der Waals surface area contributed by atoms with Crippen molar-refractivity contribution < 1.29 is 4.74 Å². The van der Waals surface area contributed by atoms with Gasteiger partial charge < -0.3 is 10.1 Å². The summed E-state index contributed by atoms with van der Waals surface area (Å²) in [6, 6.07) is 15.0. The molecule has 2 nitrogen and oxygen atoms in total. The maximum Gasteiger partial charge on any atom is 0.142 e. The first-order chi connectivity index (χ1) is 9.61. The molecule has 0 heterocycles. The van der Waals surface area contributed by atoms with Crippen LogP contribution in [-0.4, -0.2) is 6.61 Å². The van der Waals surface area contributed by atoms with Gasteiger partial charge in [0.1, 0.15) is 5.75 Å². The average molecular weight is 269 g/mol. The van der Waals surface area contributed by atoms with Gasteiger partial charge in [-0.2, -0.15) is 0 Å². The van der Waals surface area contributed by atoms with E-state index < -0.39 is 0 Å². The summed E-state index contributed by atoms with van der Waals surface area (Å²) in [5, 5.41) is 3.55. The van der Waals surface area contributed by atoms with Gasteiger partial charge >= 0.3 is 0 Å². The Morgan fingerprint density at radius 3 is 2.55 bits per heavy atom. The summed E-state index contributed by atoms with van der Waals surface area (Å²) in [7, 11) is 0. The zero-order valence-electron chi connectivity index (χ0n) is 12.7. The minimum atomic E-state index is 0.248. The van der Waals surface area contributed by atoms with Crippen molar-refractivity contribution in [3.8, 4) is 5.75 Å². The van der Waals surface area contributed by atoms with Gasteiger partial charge in [0.25, 0.3) is 0 Å². The molecular weight excluding hydrogens is 246 g/mol. The summed E-state index contributed by atoms with van der Waals surface area (Å²) in [5.74, 6) is 0.924. The third-order valence-corrected chi connectivity index (χ3v) is 3.46. The predicted molar refractivity (Wildman–Crippen MR) is 85.6 cm³/mol. The molecule has 0 aliphatic carbocycles. The Kier molecular flexibility index (Phi) is 4.67. The van der Waals surface area contributed by atoms with Gasteiger partial charge in [0, 0.05) is 6.04 Å². The zero-order valence-corrected chi connectivity index (χ0v) is 12.7. The van der Waals surface area contributed by atoms with Crippen molar-refractivity contribution in [2.24, 2.45) is 0 Å². The first kappa shape index (κ1) is 14.4. The topological polar surface area (TPSA) is 21.3 Å². The Balaban J connectivity index is 2.23. The normalized spacial score (nSPS) is 12.0. The number of hydrogen-bond donors (Lipinski definition) is 1. The molecule has 0 saturated carbocycles. The van der Waals surface area contributed by atoms with Crippen molar-refractivity contribution in [2.45, 2.75) is 33.7 Å². The molecule has 0 amide bonds. The van der Waals surface area contributed by atoms with Crippen LogP contribution >= 0.6 is 0 Å². The van der Waals surface area contributed by atoms with Crippen LogP contribution in [-0.2, 0) is 0 Å². The highest BCUT2D eigenvalue weighted by molar-refractivity contribution is 5.59. The highest BCUT2D eigenvalue weighted by Crippen LogP contribution is 2.30. The molecular formula is C18H23NO. The minimum absolute atomic E-state index is 0.248. The number of benzene rings is 2. The van der Waals surface area contributed by atoms with Gasteiger partial charge in [-0.25, -0.2) is 0 Å². The monoisotopic (exact) mass is 269 g/mol. The average Bonchev–Trinajstić information content (AvgIpc) is 2.42. The number of nitrogens with one attached hydrogen (secondary N) is 1. The largest absolute Gasteiger partial charge is 0.492 e. The first-order valence-electron chi connectivity index (χ1n) is 7.17. The Bertz CT molecular complexity index is 577. The van der Waals surface area contributed by atoms with E-state index in [1.807, 2.05) is 6.92 Å². The Morgan fingerprint density at radius 1 is 1.10 bits per heavy atom. The predicted octanol–water partition coefficient (Wildman–Crippen LogP) is 4.88. The molecule has 0 saturated heterocycles. The molecule has 0 radical (unpaired) electrons. The zero-order chi connectivity index (χ0) is 14.5. The molecule has 1 N–H and O–H groups in total. The summed E-state index contributed by atoms with van der Waals surface area (Å²) in [6.45, 7) is 9.09. The molecule has 0 aliphatic heterocycles. The summed E-state index contributed by atoms with van der Waals surface area (Å²) < 4.78 is 5.72. The lowest BCUT2D eigenvalue weighted by Gasteiger charge is -2.20. The molecule has 0 bridgehead atoms. The van der Waals surface area contributed by atoms with Crippen LogP contribution in [0.25, 0.3) is 0 Å². The van der Waals surface area contributed by atoms with Crippen LogP contribution in [0, 0.1) is 13.8 Å². The van der Waals surface area contributed by atoms with Crippen molar-refractivity contribution in [3.63, 3.8) is 0 Å². The maximum absolute atomic E-state index is 5.72. The molecule has 20 heavy (non-hydrogen) atoms. The summed E-state index contributed by atoms with van der Waals surface area (Å²) in [4.78, 5) is 0. The van der Waals surface area contributed by atoms with E-state index in [9.17, 15) is 0 Å². The van der Waals surface area contributed by atoms with Gasteiger partial charge in [-0.05, 0) is 56.5 Å². The fraction of sp³-hybridized carbons (Fsp3) is 0.333. The molecule has 2 aromatic rings. The van der Waals surface area contributed by atoms with Crippen molar-refractivity contribution in [1.82, 2.24) is 0 Å². The summed E-state index contributed by atoms with van der Waals surface area (Å²) in [5.41, 5.74) is 4.88. The van der Waals surface area contributed by atoms with Crippen LogP contribution in [0.2, 0.25) is 0 Å². The van der Waals surface area contributed by atoms with Crippen molar-refractivity contribution in [2.75, 3.05) is 11.9 Å². The fourth-order valence-corrected chi connectivity index (χ4v) is 2.41. The molecule has 0 spiro atoms. The fourth-order valence-electron chi connectivity index (χ4n) is 2.41. The van der Waals surface area contributed by atoms with Gasteiger partial charge in [0.05, 0.1) is 12.3 Å². The van der Waals surface area contributed by atoms with Crippen LogP contribution in [0.15, 0.2) is 42.5 Å². The molecule has 2 aromatic carbocycles. The minimum Gasteiger partial charge on any atom is -0.492 e. The lowest BCUT2D eigenvalue weighted by Crippen LogP contribution is -2.09. The second-order valence-corrected chi connectivity index (χ2v) is 5.16. The maximum atomic E-state index is 5.72. The van der Waals surface area contributed by atoms with Gasteiger partial charge in [-0.3, -0.25) is 0 Å². The standard InChI is InChI=1S/C18H23NO/c1-5-20-18-12-13(2)10-11-17(18)19-15(4)16-9-7-6-8-14(16)3/h6-12,15,19H,5H2,1-4H3. The Labute approximate surface area is 121 Å². The van der Waals surface area contributed by atoms with E-state index in [4.69, 9.17) is 4.74 Å². The van der Waals surface area contributed by atoms with Crippen molar-refractivity contribution in [3.05, 3.63) is 59.2 Å². The molecule has 0 aliphatic rings. The summed E-state index contributed by atoms with van der Waals surface area (Å²) >= 11 is 0. The SMILES string of the molecule is CCOc1cc(C)ccc1NC(C)c1ccccc1C. The van der Waals surface area contributed by atoms with E-state index in [0.29, 0.717) is 6.61 Å². The Morgan fingerprint density at radius 2 is 1.85 bits per heavy atom. The van der Waals surface area contributed by atoms with Gasteiger partial charge in [-0.15, -0.1) is 0 Å². The van der Waals surface area contributed by atoms with E-state index in [0.717, 1.165) is 11.4 Å². The molecule has 106 valence electrons. The number of ether oxygens (including phenoxy) is 1. The smallest absolute Gasteiger partial charge is 0.142 e. The highest BCUT2D eigenvalue weighted by Gasteiger charge is 2.11. The van der Waals surface area contributed by atoms with E-state index >= 15 is 0 Å². The molecule has 0 aromatic heterocycles. The van der Waals surface area contributed by atoms with E-state index in [1.54, 1.807) is 0 Å². The third kappa shape index (κ3) is 3.32. The van der Waals surface area contributed by atoms with Crippen molar-refractivity contribution >= 4 is 5.69 Å². The summed E-state index contributed by atoms with van der Waals surface area (Å²) in [6.07, 6.45) is 0. The second-order valence-electron chi connectivity index (χ2n) is 5.16. The van der Waals surface area contributed by atoms with Gasteiger partial charge in [-0.1, -0.05) is 30.3 Å². The first-order valence-corrected chi connectivity index (χ1v) is 7.17. The van der Waals surface area contributed by atoms with Crippen molar-refractivity contribution in [1.29, 1.82) is 0 Å². The second kappa shape index (κ2) is 6.47. The molecule has 2 heteroatoms. The Hall–Kier alpha value is -1.96. The molecule has 0 fully saturated rings. The van der Waals surface area contributed by atoms with E-state index in [2.05, 4.69) is 68.6 Å². The molecule has 1 atom stereocenters. The number of rotatable bonds is 5. The molecule has 1 unspecified atom stereocenters. The lowest BCUT2D eigenvalue weighted by molar-refractivity contribution is 0.341. The van der Waals surface area contributed by atoms with Crippen LogP contribution < -0.4 is 10.1 Å². The van der Waals surface area contributed by atoms with Crippen LogP contribution in [0.1, 0.15) is 36.6 Å². The van der Waals surface area contributed by atoms with Crippen LogP contribution in [0.4, 0.5) is 5.69 Å². The molecule has 2 rings (SSSR count). The van der Waals surface area contributed by atoms with Gasteiger partial charge in [0.15, 0.2) is 0 Å². The third-order valence-electron chi connectivity index (χ3n) is 3.46. The number of hydrogen-bond acceptors (Lipinski definition) is 2. The number of anilines is 1. The van der Waals surface area contributed by atoms with E-state index in [1.165, 1.54) is 16.7 Å². The van der Waals surface area contributed by atoms with Gasteiger partial charge in [0.2, 0.25) is 0 Å². The highest BCUT2D eigenvalue weighted by atomic mass is 16.5. The van der Waals surface area contributed by atoms with Crippen LogP contribution in [0.3, 0.4) is 0 Å². The lowest BCUT2D eigenvalue weighted by atomic mass is 10.0. The van der Waals surface area contributed by atoms with E-state index in [-0.39, 0.29) is 6.04 Å². The quantitative estimate of drug-likeness (QED) is 0.835.